The molecule has 1 aromatic rings. The Kier molecular flexibility index (Phi) is 3.73. The maximum absolute atomic E-state index is 9.66. The third kappa shape index (κ3) is 2.43. The topological polar surface area (TPSA) is 58.3 Å². The molecule has 3 nitrogen and oxygen atoms in total. The van der Waals surface area contributed by atoms with Crippen molar-refractivity contribution in [2.75, 3.05) is 0 Å². The van der Waals surface area contributed by atoms with Gasteiger partial charge in [-0.2, -0.15) is 0 Å². The van der Waals surface area contributed by atoms with Gasteiger partial charge in [0.05, 0.1) is 4.47 Å². The summed E-state index contributed by atoms with van der Waals surface area (Å²) >= 11 is 6.58. The first-order chi connectivity index (χ1) is 6.06. The van der Waals surface area contributed by atoms with Gasteiger partial charge in [0, 0.05) is 16.1 Å². The number of benzene rings is 1. The monoisotopic (exact) mass is 308 g/mol. The van der Waals surface area contributed by atoms with Crippen LogP contribution in [0.25, 0.3) is 0 Å². The van der Waals surface area contributed by atoms with Gasteiger partial charge in [-0.1, -0.05) is 15.9 Å². The number of nitrogens with one attached hydrogen (secondary N) is 1. The van der Waals surface area contributed by atoms with Crippen LogP contribution in [0.3, 0.4) is 0 Å². The lowest BCUT2D eigenvalue weighted by Crippen LogP contribution is -2.25. The minimum Gasteiger partial charge on any atom is -0.506 e. The summed E-state index contributed by atoms with van der Waals surface area (Å²) in [6.45, 7) is 1.87. The molecule has 0 aromatic heterocycles. The molecule has 0 fully saturated rings. The summed E-state index contributed by atoms with van der Waals surface area (Å²) in [7, 11) is 0. The molecule has 1 atom stereocenters. The second-order valence-electron chi connectivity index (χ2n) is 2.71. The lowest BCUT2D eigenvalue weighted by molar-refractivity contribution is 0.451. The van der Waals surface area contributed by atoms with Crippen LogP contribution in [0.4, 0.5) is 0 Å². The van der Waals surface area contributed by atoms with E-state index in [-0.39, 0.29) is 11.8 Å². The van der Waals surface area contributed by atoms with E-state index in [1.165, 1.54) is 0 Å². The molecule has 1 rings (SSSR count). The summed E-state index contributed by atoms with van der Waals surface area (Å²) in [5.41, 5.74) is 3.33. The Balaban J connectivity index is 3.20. The summed E-state index contributed by atoms with van der Waals surface area (Å²) < 4.78 is 1.55. The van der Waals surface area contributed by atoms with Crippen molar-refractivity contribution in [2.24, 2.45) is 5.84 Å². The maximum atomic E-state index is 9.66. The predicted octanol–water partition coefficient (Wildman–Crippen LogP) is 2.44. The zero-order chi connectivity index (χ0) is 10.0. The number of halogens is 2. The number of phenolic OH excluding ortho intramolecular Hbond substituents is 1. The molecule has 5 heteroatoms. The van der Waals surface area contributed by atoms with Crippen molar-refractivity contribution in [2.45, 2.75) is 13.0 Å². The molecule has 0 amide bonds. The van der Waals surface area contributed by atoms with Crippen molar-refractivity contribution < 1.29 is 5.11 Å². The predicted molar refractivity (Wildman–Crippen MR) is 59.2 cm³/mol. The standard InChI is InChI=1S/C8H10Br2N2O/c1-4(12-11)6-2-5(9)3-7(10)8(6)13/h2-4,12-13H,11H2,1H3/t4-/m1/s1. The molecule has 13 heavy (non-hydrogen) atoms. The Labute approximate surface area is 93.6 Å². The average Bonchev–Trinajstić information content (AvgIpc) is 2.10. The van der Waals surface area contributed by atoms with Gasteiger partial charge in [0.15, 0.2) is 0 Å². The fourth-order valence-corrected chi connectivity index (χ4v) is 2.26. The fraction of sp³-hybridized carbons (Fsp3) is 0.250. The Morgan fingerprint density at radius 1 is 1.46 bits per heavy atom. The van der Waals surface area contributed by atoms with Crippen molar-refractivity contribution in [1.82, 2.24) is 5.43 Å². The summed E-state index contributed by atoms with van der Waals surface area (Å²) in [5, 5.41) is 9.66. The number of hydrogen-bond acceptors (Lipinski definition) is 3. The summed E-state index contributed by atoms with van der Waals surface area (Å²) in [6, 6.07) is 3.51. The SMILES string of the molecule is C[C@@H](NN)c1cc(Br)cc(Br)c1O. The van der Waals surface area contributed by atoms with Gasteiger partial charge < -0.3 is 5.11 Å². The second kappa shape index (κ2) is 4.41. The Bertz CT molecular complexity index is 317. The highest BCUT2D eigenvalue weighted by molar-refractivity contribution is 9.11. The molecule has 0 heterocycles. The fourth-order valence-electron chi connectivity index (χ4n) is 1.01. The zero-order valence-electron chi connectivity index (χ0n) is 7.01. The number of phenols is 1. The van der Waals surface area contributed by atoms with Crippen molar-refractivity contribution in [1.29, 1.82) is 0 Å². The van der Waals surface area contributed by atoms with Gasteiger partial charge in [-0.25, -0.2) is 0 Å². The van der Waals surface area contributed by atoms with Crippen LogP contribution in [0.15, 0.2) is 21.1 Å². The molecule has 4 N–H and O–H groups in total. The molecule has 72 valence electrons. The number of hydrazine groups is 1. The van der Waals surface area contributed by atoms with Crippen molar-refractivity contribution in [3.8, 4) is 5.75 Å². The van der Waals surface area contributed by atoms with Crippen LogP contribution in [0.5, 0.6) is 5.75 Å². The Morgan fingerprint density at radius 2 is 2.08 bits per heavy atom. The highest BCUT2D eigenvalue weighted by Crippen LogP contribution is 2.34. The molecule has 0 saturated carbocycles. The van der Waals surface area contributed by atoms with E-state index < -0.39 is 0 Å². The molecule has 0 aliphatic carbocycles. The highest BCUT2D eigenvalue weighted by Gasteiger charge is 2.12. The molecule has 0 unspecified atom stereocenters. The molecule has 0 aliphatic rings. The number of aromatic hydroxyl groups is 1. The van der Waals surface area contributed by atoms with E-state index in [9.17, 15) is 5.11 Å². The second-order valence-corrected chi connectivity index (χ2v) is 4.48. The van der Waals surface area contributed by atoms with Crippen LogP contribution in [0.1, 0.15) is 18.5 Å². The van der Waals surface area contributed by atoms with E-state index in [4.69, 9.17) is 5.84 Å². The molecule has 0 spiro atoms. The number of rotatable bonds is 2. The Hall–Kier alpha value is -0.100. The van der Waals surface area contributed by atoms with Crippen molar-refractivity contribution >= 4 is 31.9 Å². The average molecular weight is 310 g/mol. The third-order valence-electron chi connectivity index (χ3n) is 1.77. The van der Waals surface area contributed by atoms with E-state index in [1.807, 2.05) is 13.0 Å². The Morgan fingerprint density at radius 3 is 2.62 bits per heavy atom. The van der Waals surface area contributed by atoms with Gasteiger partial charge >= 0.3 is 0 Å². The van der Waals surface area contributed by atoms with E-state index in [1.54, 1.807) is 6.07 Å². The summed E-state index contributed by atoms with van der Waals surface area (Å²) in [5.74, 6) is 5.50. The van der Waals surface area contributed by atoms with E-state index in [0.29, 0.717) is 4.47 Å². The molecule has 0 bridgehead atoms. The number of hydrogen-bond donors (Lipinski definition) is 3. The lowest BCUT2D eigenvalue weighted by Gasteiger charge is -2.13. The van der Waals surface area contributed by atoms with Gasteiger partial charge in [0.1, 0.15) is 5.75 Å². The normalized spacial score (nSPS) is 12.9. The minimum atomic E-state index is -0.0891. The summed E-state index contributed by atoms with van der Waals surface area (Å²) in [4.78, 5) is 0. The first-order valence-electron chi connectivity index (χ1n) is 3.70. The molecular weight excluding hydrogens is 300 g/mol. The van der Waals surface area contributed by atoms with Gasteiger partial charge in [0.2, 0.25) is 0 Å². The van der Waals surface area contributed by atoms with Gasteiger partial charge in [-0.05, 0) is 35.0 Å². The van der Waals surface area contributed by atoms with Gasteiger partial charge in [-0.3, -0.25) is 11.3 Å². The molecule has 0 saturated heterocycles. The maximum Gasteiger partial charge on any atom is 0.134 e. The molecule has 1 aromatic carbocycles. The van der Waals surface area contributed by atoms with Crippen LogP contribution < -0.4 is 11.3 Å². The minimum absolute atomic E-state index is 0.0891. The zero-order valence-corrected chi connectivity index (χ0v) is 10.2. The highest BCUT2D eigenvalue weighted by atomic mass is 79.9. The number of nitrogens with two attached hydrogens (primary N) is 1. The smallest absolute Gasteiger partial charge is 0.134 e. The molecule has 0 aliphatic heterocycles. The molecule has 0 radical (unpaired) electrons. The van der Waals surface area contributed by atoms with E-state index >= 15 is 0 Å². The van der Waals surface area contributed by atoms with Crippen LogP contribution in [-0.4, -0.2) is 5.11 Å². The van der Waals surface area contributed by atoms with Crippen LogP contribution in [0, 0.1) is 0 Å². The van der Waals surface area contributed by atoms with Crippen LogP contribution in [-0.2, 0) is 0 Å². The van der Waals surface area contributed by atoms with Crippen LogP contribution in [0.2, 0.25) is 0 Å². The summed E-state index contributed by atoms with van der Waals surface area (Å²) in [6.07, 6.45) is 0. The largest absolute Gasteiger partial charge is 0.506 e. The van der Waals surface area contributed by atoms with E-state index in [0.717, 1.165) is 10.0 Å². The molecular formula is C8H10Br2N2O. The van der Waals surface area contributed by atoms with Crippen molar-refractivity contribution in [3.63, 3.8) is 0 Å². The van der Waals surface area contributed by atoms with Crippen LogP contribution >= 0.6 is 31.9 Å². The first-order valence-corrected chi connectivity index (χ1v) is 5.29. The van der Waals surface area contributed by atoms with Gasteiger partial charge in [0.25, 0.3) is 0 Å². The lowest BCUT2D eigenvalue weighted by atomic mass is 10.1. The quantitative estimate of drug-likeness (QED) is 0.581. The van der Waals surface area contributed by atoms with Gasteiger partial charge in [-0.15, -0.1) is 0 Å². The third-order valence-corrected chi connectivity index (χ3v) is 2.84. The van der Waals surface area contributed by atoms with E-state index in [2.05, 4.69) is 37.3 Å². The van der Waals surface area contributed by atoms with Crippen molar-refractivity contribution in [3.05, 3.63) is 26.6 Å². The first kappa shape index (κ1) is 11.0.